The molecule has 1 aliphatic rings. The largest absolute Gasteiger partial charge is 0.465 e. The van der Waals surface area contributed by atoms with Crippen LogP contribution in [0.2, 0.25) is 0 Å². The fourth-order valence-corrected chi connectivity index (χ4v) is 2.86. The molecule has 1 atom stereocenters. The summed E-state index contributed by atoms with van der Waals surface area (Å²) in [5, 5.41) is 2.83. The number of carbonyl (C=O) groups excluding carboxylic acids is 1. The number of nitrogens with one attached hydrogen (secondary N) is 1. The Balaban J connectivity index is 2.06. The maximum absolute atomic E-state index is 11.9. The molecule has 26 heavy (non-hydrogen) atoms. The van der Waals surface area contributed by atoms with Crippen molar-refractivity contribution in [1.82, 2.24) is 5.32 Å². The van der Waals surface area contributed by atoms with E-state index in [1.807, 2.05) is 66.7 Å². The predicted molar refractivity (Wildman–Crippen MR) is 104 cm³/mol. The Morgan fingerprint density at radius 3 is 2.15 bits per heavy atom. The zero-order valence-corrected chi connectivity index (χ0v) is 17.1. The van der Waals surface area contributed by atoms with E-state index in [4.69, 9.17) is 14.0 Å². The van der Waals surface area contributed by atoms with E-state index in [2.05, 4.69) is 17.4 Å². The van der Waals surface area contributed by atoms with Crippen LogP contribution in [0.3, 0.4) is 0 Å². The van der Waals surface area contributed by atoms with Gasteiger partial charge in [0.1, 0.15) is 5.60 Å². The lowest BCUT2D eigenvalue weighted by Crippen LogP contribution is -2.41. The summed E-state index contributed by atoms with van der Waals surface area (Å²) in [4.78, 5) is 11.9. The van der Waals surface area contributed by atoms with Crippen LogP contribution in [-0.4, -0.2) is 36.6 Å². The summed E-state index contributed by atoms with van der Waals surface area (Å²) in [5.74, 6) is 0.0205. The number of hydrogen-bond donors (Lipinski definition) is 1. The van der Waals surface area contributed by atoms with Crippen LogP contribution in [0.1, 0.15) is 66.3 Å². The third-order valence-corrected chi connectivity index (χ3v) is 4.95. The normalized spacial score (nSPS) is 19.9. The minimum atomic E-state index is -0.505. The third-order valence-electron chi connectivity index (χ3n) is 4.95. The molecule has 0 saturated carbocycles. The molecular weight excluding hydrogens is 329 g/mol. The average Bonchev–Trinajstić information content (AvgIpc) is 2.70. The molecule has 0 aromatic heterocycles. The fraction of sp³-hybridized carbons (Fsp3) is 0.650. The van der Waals surface area contributed by atoms with Crippen molar-refractivity contribution in [3.05, 3.63) is 35.9 Å². The summed E-state index contributed by atoms with van der Waals surface area (Å²) in [6.07, 6.45) is 0.290. The van der Waals surface area contributed by atoms with Gasteiger partial charge in [0.05, 0.1) is 11.2 Å². The van der Waals surface area contributed by atoms with Crippen LogP contribution in [0.25, 0.3) is 0 Å². The number of amides is 1. The second-order valence-electron chi connectivity index (χ2n) is 8.86. The zero-order chi connectivity index (χ0) is 19.6. The van der Waals surface area contributed by atoms with E-state index in [0.29, 0.717) is 13.0 Å². The quantitative estimate of drug-likeness (QED) is 0.794. The molecule has 1 saturated heterocycles. The smallest absolute Gasteiger partial charge is 0.444 e. The van der Waals surface area contributed by atoms with Crippen molar-refractivity contribution < 1.29 is 18.8 Å². The van der Waals surface area contributed by atoms with Crippen LogP contribution in [0.5, 0.6) is 0 Å². The Bertz CT molecular complexity index is 594. The summed E-state index contributed by atoms with van der Waals surface area (Å²) >= 11 is 0. The summed E-state index contributed by atoms with van der Waals surface area (Å²) in [6, 6.07) is 10.2. The minimum absolute atomic E-state index is 0.0205. The minimum Gasteiger partial charge on any atom is -0.444 e. The molecule has 144 valence electrons. The van der Waals surface area contributed by atoms with Crippen molar-refractivity contribution in [2.75, 3.05) is 6.54 Å². The Hall–Kier alpha value is -1.53. The molecular formula is C20H32BNO4. The van der Waals surface area contributed by atoms with Gasteiger partial charge in [-0.3, -0.25) is 0 Å². The lowest BCUT2D eigenvalue weighted by molar-refractivity contribution is 0.00578. The van der Waals surface area contributed by atoms with E-state index in [1.165, 1.54) is 0 Å². The summed E-state index contributed by atoms with van der Waals surface area (Å²) in [7, 11) is -0.358. The van der Waals surface area contributed by atoms with Gasteiger partial charge >= 0.3 is 13.2 Å². The first kappa shape index (κ1) is 20.8. The van der Waals surface area contributed by atoms with Crippen molar-refractivity contribution in [1.29, 1.82) is 0 Å². The van der Waals surface area contributed by atoms with E-state index in [-0.39, 0.29) is 24.1 Å². The molecule has 2 rings (SSSR count). The van der Waals surface area contributed by atoms with Crippen molar-refractivity contribution in [3.8, 4) is 0 Å². The van der Waals surface area contributed by atoms with Crippen LogP contribution in [-0.2, 0) is 14.0 Å². The van der Waals surface area contributed by atoms with Crippen molar-refractivity contribution in [3.63, 3.8) is 0 Å². The highest BCUT2D eigenvalue weighted by Gasteiger charge is 2.53. The van der Waals surface area contributed by atoms with E-state index in [9.17, 15) is 4.79 Å². The first-order chi connectivity index (χ1) is 11.9. The number of rotatable bonds is 5. The highest BCUT2D eigenvalue weighted by atomic mass is 16.7. The van der Waals surface area contributed by atoms with Gasteiger partial charge in [0.15, 0.2) is 0 Å². The first-order valence-electron chi connectivity index (χ1n) is 9.29. The van der Waals surface area contributed by atoms with Crippen LogP contribution >= 0.6 is 0 Å². The Labute approximate surface area is 157 Å². The Morgan fingerprint density at radius 2 is 1.65 bits per heavy atom. The van der Waals surface area contributed by atoms with Crippen molar-refractivity contribution in [2.24, 2.45) is 0 Å². The SMILES string of the molecule is CC(C)(C)OC(=O)NCCC(B1OC(C)(C)C(C)(C)O1)c1ccccc1. The van der Waals surface area contributed by atoms with Gasteiger partial charge in [0.25, 0.3) is 0 Å². The molecule has 1 aliphatic heterocycles. The molecule has 0 spiro atoms. The third kappa shape index (κ3) is 5.24. The predicted octanol–water partition coefficient (Wildman–Crippen LogP) is 4.32. The van der Waals surface area contributed by atoms with Crippen LogP contribution in [0, 0.1) is 0 Å². The number of carbonyl (C=O) groups is 1. The molecule has 0 aliphatic carbocycles. The van der Waals surface area contributed by atoms with Gasteiger partial charge in [-0.25, -0.2) is 4.79 Å². The Kier molecular flexibility index (Phi) is 6.08. The second kappa shape index (κ2) is 7.61. The highest BCUT2D eigenvalue weighted by molar-refractivity contribution is 6.47. The van der Waals surface area contributed by atoms with Gasteiger partial charge in [0, 0.05) is 12.4 Å². The number of hydrogen-bond acceptors (Lipinski definition) is 4. The molecule has 1 fully saturated rings. The second-order valence-corrected chi connectivity index (χ2v) is 8.86. The summed E-state index contributed by atoms with van der Waals surface area (Å²) in [5.41, 5.74) is -0.140. The molecule has 0 radical (unpaired) electrons. The van der Waals surface area contributed by atoms with Gasteiger partial charge in [-0.05, 0) is 60.5 Å². The zero-order valence-electron chi connectivity index (χ0n) is 17.1. The average molecular weight is 361 g/mol. The summed E-state index contributed by atoms with van der Waals surface area (Å²) < 4.78 is 17.8. The first-order valence-corrected chi connectivity index (χ1v) is 9.29. The molecule has 1 heterocycles. The van der Waals surface area contributed by atoms with Gasteiger partial charge in [-0.2, -0.15) is 0 Å². The highest BCUT2D eigenvalue weighted by Crippen LogP contribution is 2.41. The molecule has 1 amide bonds. The molecule has 1 unspecified atom stereocenters. The van der Waals surface area contributed by atoms with E-state index in [0.717, 1.165) is 5.56 Å². The van der Waals surface area contributed by atoms with Gasteiger partial charge in [-0.15, -0.1) is 0 Å². The Morgan fingerprint density at radius 1 is 1.12 bits per heavy atom. The lowest BCUT2D eigenvalue weighted by Gasteiger charge is -2.32. The maximum Gasteiger partial charge on any atom is 0.465 e. The van der Waals surface area contributed by atoms with Gasteiger partial charge < -0.3 is 19.4 Å². The summed E-state index contributed by atoms with van der Waals surface area (Å²) in [6.45, 7) is 14.2. The van der Waals surface area contributed by atoms with E-state index >= 15 is 0 Å². The van der Waals surface area contributed by atoms with Crippen LogP contribution in [0.15, 0.2) is 30.3 Å². The maximum atomic E-state index is 11.9. The molecule has 1 N–H and O–H groups in total. The van der Waals surface area contributed by atoms with E-state index in [1.54, 1.807) is 0 Å². The molecule has 0 bridgehead atoms. The fourth-order valence-electron chi connectivity index (χ4n) is 2.86. The van der Waals surface area contributed by atoms with Crippen LogP contribution in [0.4, 0.5) is 4.79 Å². The standard InChI is InChI=1S/C20H32BNO4/c1-18(2,3)24-17(23)22-14-13-16(15-11-9-8-10-12-15)21-25-19(4,5)20(6,7)26-21/h8-12,16H,13-14H2,1-7H3,(H,22,23). The number of alkyl carbamates (subject to hydrolysis) is 1. The number of benzene rings is 1. The number of ether oxygens (including phenoxy) is 1. The topological polar surface area (TPSA) is 56.8 Å². The van der Waals surface area contributed by atoms with Crippen LogP contribution < -0.4 is 5.32 Å². The van der Waals surface area contributed by atoms with Crippen molar-refractivity contribution in [2.45, 2.75) is 77.5 Å². The monoisotopic (exact) mass is 361 g/mol. The molecule has 5 nitrogen and oxygen atoms in total. The molecule has 1 aromatic carbocycles. The van der Waals surface area contributed by atoms with Gasteiger partial charge in [-0.1, -0.05) is 30.3 Å². The van der Waals surface area contributed by atoms with E-state index < -0.39 is 11.7 Å². The molecule has 1 aromatic rings. The molecule has 6 heteroatoms. The van der Waals surface area contributed by atoms with Gasteiger partial charge in [0.2, 0.25) is 0 Å². The van der Waals surface area contributed by atoms with Crippen molar-refractivity contribution >= 4 is 13.2 Å². The lowest BCUT2D eigenvalue weighted by atomic mass is 9.66.